The molecule has 2 rings (SSSR count). The number of thiazole rings is 1. The molecule has 7 heteroatoms. The molecule has 0 aliphatic rings. The van der Waals surface area contributed by atoms with Crippen LogP contribution in [0.25, 0.3) is 0 Å². The van der Waals surface area contributed by atoms with E-state index in [1.807, 2.05) is 0 Å². The van der Waals surface area contributed by atoms with Crippen molar-refractivity contribution < 1.29 is 9.32 Å². The van der Waals surface area contributed by atoms with Gasteiger partial charge in [-0.3, -0.25) is 4.79 Å². The Morgan fingerprint density at radius 1 is 1.64 bits per heavy atom. The Kier molecular flexibility index (Phi) is 2.15. The predicted octanol–water partition coefficient (Wildman–Crippen LogP) is 0.966. The first-order valence-electron chi connectivity index (χ1n) is 3.68. The zero-order valence-electron chi connectivity index (χ0n) is 6.93. The van der Waals surface area contributed by atoms with Crippen LogP contribution in [0.4, 0.5) is 10.9 Å². The number of rotatable bonds is 2. The lowest BCUT2D eigenvalue weighted by Gasteiger charge is -1.95. The van der Waals surface area contributed by atoms with E-state index in [0.29, 0.717) is 10.9 Å². The second-order valence-corrected chi connectivity index (χ2v) is 3.30. The Hall–Kier alpha value is -1.89. The van der Waals surface area contributed by atoms with E-state index in [0.717, 1.165) is 0 Å². The summed E-state index contributed by atoms with van der Waals surface area (Å²) in [5.74, 6) is -0.00609. The molecule has 1 amide bonds. The smallest absolute Gasteiger partial charge is 0.276 e. The molecule has 0 atom stereocenters. The van der Waals surface area contributed by atoms with Crippen LogP contribution in [0.1, 0.15) is 10.5 Å². The number of anilines is 2. The summed E-state index contributed by atoms with van der Waals surface area (Å²) in [6.07, 6.45) is 1.37. The molecule has 0 aromatic carbocycles. The summed E-state index contributed by atoms with van der Waals surface area (Å²) in [6.45, 7) is 0. The van der Waals surface area contributed by atoms with Gasteiger partial charge in [-0.1, -0.05) is 5.16 Å². The molecule has 0 unspecified atom stereocenters. The van der Waals surface area contributed by atoms with Crippen LogP contribution in [0.2, 0.25) is 0 Å². The number of carbonyl (C=O) groups is 1. The number of nitrogen functional groups attached to an aromatic ring is 1. The Morgan fingerprint density at radius 3 is 3.07 bits per heavy atom. The molecule has 6 nitrogen and oxygen atoms in total. The second-order valence-electron chi connectivity index (χ2n) is 2.41. The van der Waals surface area contributed by atoms with E-state index in [2.05, 4.69) is 20.0 Å². The fraction of sp³-hybridized carbons (Fsp3) is 0. The van der Waals surface area contributed by atoms with Crippen LogP contribution < -0.4 is 11.1 Å². The van der Waals surface area contributed by atoms with Gasteiger partial charge in [-0.05, 0) is 0 Å². The van der Waals surface area contributed by atoms with Crippen LogP contribution in [0.5, 0.6) is 0 Å². The van der Waals surface area contributed by atoms with Gasteiger partial charge in [-0.15, -0.1) is 11.3 Å². The summed E-state index contributed by atoms with van der Waals surface area (Å²) in [5, 5.41) is 7.95. The SMILES string of the molecule is Nc1nc(C(=O)Nc2ccon2)cs1. The molecule has 0 spiro atoms. The number of carbonyl (C=O) groups excluding carboxylic acids is 1. The van der Waals surface area contributed by atoms with E-state index in [9.17, 15) is 4.79 Å². The zero-order valence-corrected chi connectivity index (χ0v) is 7.75. The van der Waals surface area contributed by atoms with Gasteiger partial charge in [0.05, 0.1) is 0 Å². The first-order valence-corrected chi connectivity index (χ1v) is 4.56. The van der Waals surface area contributed by atoms with E-state index >= 15 is 0 Å². The van der Waals surface area contributed by atoms with Crippen molar-refractivity contribution in [3.05, 3.63) is 23.4 Å². The fourth-order valence-electron chi connectivity index (χ4n) is 0.849. The van der Waals surface area contributed by atoms with Crippen molar-refractivity contribution in [2.75, 3.05) is 11.1 Å². The van der Waals surface area contributed by atoms with E-state index in [1.165, 1.54) is 23.7 Å². The highest BCUT2D eigenvalue weighted by atomic mass is 32.1. The molecule has 0 aliphatic carbocycles. The Balaban J connectivity index is 2.10. The lowest BCUT2D eigenvalue weighted by molar-refractivity contribution is 0.102. The van der Waals surface area contributed by atoms with Crippen molar-refractivity contribution in [3.8, 4) is 0 Å². The van der Waals surface area contributed by atoms with Gasteiger partial charge in [-0.25, -0.2) is 4.98 Å². The fourth-order valence-corrected chi connectivity index (χ4v) is 1.39. The molecule has 72 valence electrons. The average Bonchev–Trinajstić information content (AvgIpc) is 2.75. The minimum Gasteiger partial charge on any atom is -0.375 e. The molecule has 14 heavy (non-hydrogen) atoms. The van der Waals surface area contributed by atoms with Gasteiger partial charge in [0, 0.05) is 11.4 Å². The third-order valence-electron chi connectivity index (χ3n) is 1.43. The lowest BCUT2D eigenvalue weighted by Crippen LogP contribution is -2.12. The topological polar surface area (TPSA) is 94.0 Å². The second kappa shape index (κ2) is 3.46. The van der Waals surface area contributed by atoms with Crippen molar-refractivity contribution >= 4 is 28.2 Å². The normalized spacial score (nSPS) is 10.0. The summed E-state index contributed by atoms with van der Waals surface area (Å²) in [5.41, 5.74) is 5.66. The quantitative estimate of drug-likeness (QED) is 0.770. The van der Waals surface area contributed by atoms with Crippen LogP contribution in [0, 0.1) is 0 Å². The number of aromatic nitrogens is 2. The lowest BCUT2D eigenvalue weighted by atomic mass is 10.4. The van der Waals surface area contributed by atoms with Crippen molar-refractivity contribution in [1.29, 1.82) is 0 Å². The van der Waals surface area contributed by atoms with E-state index in [-0.39, 0.29) is 11.6 Å². The number of hydrogen-bond donors (Lipinski definition) is 2. The third kappa shape index (κ3) is 1.72. The standard InChI is InChI=1S/C7H6N4O2S/c8-7-9-4(3-14-7)6(12)10-5-1-2-13-11-5/h1-3H,(H2,8,9)(H,10,11,12). The summed E-state index contributed by atoms with van der Waals surface area (Å²) in [6, 6.07) is 1.54. The molecule has 0 saturated heterocycles. The van der Waals surface area contributed by atoms with Crippen LogP contribution in [0.15, 0.2) is 22.2 Å². The van der Waals surface area contributed by atoms with Gasteiger partial charge >= 0.3 is 0 Å². The van der Waals surface area contributed by atoms with Gasteiger partial charge < -0.3 is 15.6 Å². The zero-order chi connectivity index (χ0) is 9.97. The molecule has 0 radical (unpaired) electrons. The minimum absolute atomic E-state index is 0.274. The molecular weight excluding hydrogens is 204 g/mol. The van der Waals surface area contributed by atoms with Crippen LogP contribution in [-0.4, -0.2) is 16.0 Å². The average molecular weight is 210 g/mol. The van der Waals surface area contributed by atoms with E-state index < -0.39 is 0 Å². The molecule has 2 aromatic heterocycles. The van der Waals surface area contributed by atoms with Crippen molar-refractivity contribution in [2.45, 2.75) is 0 Å². The van der Waals surface area contributed by atoms with Crippen molar-refractivity contribution in [2.24, 2.45) is 0 Å². The first kappa shape index (κ1) is 8.70. The molecule has 2 heterocycles. The Bertz CT molecular complexity index is 436. The Labute approximate surface area is 82.7 Å². The molecule has 0 saturated carbocycles. The number of hydrogen-bond acceptors (Lipinski definition) is 6. The number of nitrogens with one attached hydrogen (secondary N) is 1. The molecule has 2 aromatic rings. The monoisotopic (exact) mass is 210 g/mol. The molecule has 0 fully saturated rings. The maximum absolute atomic E-state index is 11.4. The maximum atomic E-state index is 11.4. The summed E-state index contributed by atoms with van der Waals surface area (Å²) in [4.78, 5) is 15.2. The van der Waals surface area contributed by atoms with Crippen molar-refractivity contribution in [1.82, 2.24) is 10.1 Å². The van der Waals surface area contributed by atoms with Crippen LogP contribution >= 0.6 is 11.3 Å². The highest BCUT2D eigenvalue weighted by Gasteiger charge is 2.10. The number of amides is 1. The van der Waals surface area contributed by atoms with Gasteiger partial charge in [0.1, 0.15) is 12.0 Å². The number of nitrogens with two attached hydrogens (primary N) is 1. The summed E-state index contributed by atoms with van der Waals surface area (Å²) in [7, 11) is 0. The highest BCUT2D eigenvalue weighted by Crippen LogP contribution is 2.12. The highest BCUT2D eigenvalue weighted by molar-refractivity contribution is 7.13. The largest absolute Gasteiger partial charge is 0.375 e. The van der Waals surface area contributed by atoms with Crippen LogP contribution in [0.3, 0.4) is 0 Å². The van der Waals surface area contributed by atoms with Gasteiger partial charge in [0.15, 0.2) is 10.9 Å². The van der Waals surface area contributed by atoms with E-state index in [1.54, 1.807) is 5.38 Å². The number of nitrogens with zero attached hydrogens (tertiary/aromatic N) is 2. The third-order valence-corrected chi connectivity index (χ3v) is 2.11. The van der Waals surface area contributed by atoms with Gasteiger partial charge in [0.2, 0.25) is 0 Å². The first-order chi connectivity index (χ1) is 6.75. The molecule has 3 N–H and O–H groups in total. The van der Waals surface area contributed by atoms with Crippen LogP contribution in [-0.2, 0) is 0 Å². The molecular formula is C7H6N4O2S. The predicted molar refractivity (Wildman–Crippen MR) is 51.0 cm³/mol. The Morgan fingerprint density at radius 2 is 2.50 bits per heavy atom. The van der Waals surface area contributed by atoms with Gasteiger partial charge in [0.25, 0.3) is 5.91 Å². The summed E-state index contributed by atoms with van der Waals surface area (Å²) < 4.78 is 4.55. The maximum Gasteiger partial charge on any atom is 0.276 e. The molecule has 0 aliphatic heterocycles. The minimum atomic E-state index is -0.355. The van der Waals surface area contributed by atoms with Gasteiger partial charge in [-0.2, -0.15) is 0 Å². The molecule has 0 bridgehead atoms. The van der Waals surface area contributed by atoms with E-state index in [4.69, 9.17) is 5.73 Å². The van der Waals surface area contributed by atoms with Crippen molar-refractivity contribution in [3.63, 3.8) is 0 Å². The summed E-state index contributed by atoms with van der Waals surface area (Å²) >= 11 is 1.21.